The summed E-state index contributed by atoms with van der Waals surface area (Å²) in [5, 5.41) is 3.05. The van der Waals surface area contributed by atoms with Crippen molar-refractivity contribution in [3.8, 4) is 0 Å². The molecule has 6 nitrogen and oxygen atoms in total. The molecule has 1 saturated heterocycles. The number of hydrogen-bond donors (Lipinski definition) is 2. The van der Waals surface area contributed by atoms with Gasteiger partial charge in [-0.15, -0.1) is 0 Å². The molecule has 0 radical (unpaired) electrons. The summed E-state index contributed by atoms with van der Waals surface area (Å²) in [6.07, 6.45) is 1.66. The van der Waals surface area contributed by atoms with Crippen LogP contribution in [0.4, 0.5) is 0 Å². The van der Waals surface area contributed by atoms with E-state index in [0.717, 1.165) is 32.5 Å². The maximum absolute atomic E-state index is 12.1. The van der Waals surface area contributed by atoms with Crippen molar-refractivity contribution in [3.05, 3.63) is 0 Å². The van der Waals surface area contributed by atoms with Gasteiger partial charge in [-0.05, 0) is 26.9 Å². The van der Waals surface area contributed by atoms with Crippen molar-refractivity contribution >= 4 is 11.8 Å². The maximum Gasteiger partial charge on any atom is 0.236 e. The fourth-order valence-corrected chi connectivity index (χ4v) is 2.15. The molecule has 2 amide bonds. The van der Waals surface area contributed by atoms with Gasteiger partial charge in [0.1, 0.15) is 0 Å². The van der Waals surface area contributed by atoms with Crippen molar-refractivity contribution in [2.24, 2.45) is 11.7 Å². The third-order valence-corrected chi connectivity index (χ3v) is 3.33. The Kier molecular flexibility index (Phi) is 6.07. The fourth-order valence-electron chi connectivity index (χ4n) is 2.15. The molecule has 0 aromatic heterocycles. The smallest absolute Gasteiger partial charge is 0.236 e. The van der Waals surface area contributed by atoms with Crippen LogP contribution in [0.15, 0.2) is 0 Å². The number of nitrogens with zero attached hydrogens (tertiary/aromatic N) is 2. The standard InChI is InChI=1S/C12H24N4O2/c1-14-5-7-15(2)9-11(17)16-6-3-4-10(8-16)12(13)18/h10,14H,3-9H2,1-2H3,(H2,13,18). The monoisotopic (exact) mass is 256 g/mol. The van der Waals surface area contributed by atoms with Gasteiger partial charge in [0.15, 0.2) is 0 Å². The predicted molar refractivity (Wildman–Crippen MR) is 69.9 cm³/mol. The molecule has 1 aliphatic rings. The zero-order valence-electron chi connectivity index (χ0n) is 11.3. The number of carbonyl (C=O) groups is 2. The molecule has 6 heteroatoms. The molecule has 104 valence electrons. The number of rotatable bonds is 6. The molecule has 0 aromatic carbocycles. The van der Waals surface area contributed by atoms with Gasteiger partial charge in [-0.2, -0.15) is 0 Å². The first kappa shape index (κ1) is 14.9. The summed E-state index contributed by atoms with van der Waals surface area (Å²) in [7, 11) is 3.81. The number of primary amides is 1. The van der Waals surface area contributed by atoms with Gasteiger partial charge in [0.05, 0.1) is 12.5 Å². The Labute approximate surface area is 108 Å². The Morgan fingerprint density at radius 3 is 2.83 bits per heavy atom. The normalized spacial score (nSPS) is 20.2. The minimum Gasteiger partial charge on any atom is -0.369 e. The van der Waals surface area contributed by atoms with Crippen LogP contribution >= 0.6 is 0 Å². The van der Waals surface area contributed by atoms with E-state index < -0.39 is 0 Å². The topological polar surface area (TPSA) is 78.7 Å². The molecular formula is C12H24N4O2. The van der Waals surface area contributed by atoms with E-state index in [1.165, 1.54) is 0 Å². The van der Waals surface area contributed by atoms with E-state index in [1.807, 2.05) is 19.0 Å². The average molecular weight is 256 g/mol. The molecule has 0 aromatic rings. The van der Waals surface area contributed by atoms with Gasteiger partial charge in [-0.25, -0.2) is 0 Å². The molecule has 18 heavy (non-hydrogen) atoms. The number of piperidine rings is 1. The summed E-state index contributed by atoms with van der Waals surface area (Å²) in [5.74, 6) is -0.388. The number of nitrogens with one attached hydrogen (secondary N) is 1. The quantitative estimate of drug-likeness (QED) is 0.630. The van der Waals surface area contributed by atoms with Gasteiger partial charge in [-0.3, -0.25) is 14.5 Å². The van der Waals surface area contributed by atoms with E-state index in [0.29, 0.717) is 13.1 Å². The molecule has 1 aliphatic heterocycles. The van der Waals surface area contributed by atoms with Crippen LogP contribution in [0.3, 0.4) is 0 Å². The first-order valence-electron chi connectivity index (χ1n) is 6.44. The molecule has 1 fully saturated rings. The van der Waals surface area contributed by atoms with Crippen molar-refractivity contribution in [2.45, 2.75) is 12.8 Å². The van der Waals surface area contributed by atoms with Crippen LogP contribution in [0.5, 0.6) is 0 Å². The lowest BCUT2D eigenvalue weighted by Gasteiger charge is -2.32. The Hall–Kier alpha value is -1.14. The molecule has 3 N–H and O–H groups in total. The summed E-state index contributed by atoms with van der Waals surface area (Å²) >= 11 is 0. The number of likely N-dealkylation sites (tertiary alicyclic amines) is 1. The van der Waals surface area contributed by atoms with E-state index in [1.54, 1.807) is 4.90 Å². The second-order valence-electron chi connectivity index (χ2n) is 4.92. The second-order valence-corrected chi connectivity index (χ2v) is 4.92. The molecule has 0 saturated carbocycles. The zero-order valence-corrected chi connectivity index (χ0v) is 11.3. The van der Waals surface area contributed by atoms with Crippen LogP contribution in [0.25, 0.3) is 0 Å². The molecule has 1 unspecified atom stereocenters. The molecular weight excluding hydrogens is 232 g/mol. The van der Waals surface area contributed by atoms with E-state index in [-0.39, 0.29) is 17.7 Å². The highest BCUT2D eigenvalue weighted by molar-refractivity contribution is 5.81. The zero-order chi connectivity index (χ0) is 13.5. The molecule has 1 heterocycles. The maximum atomic E-state index is 12.1. The molecule has 1 rings (SSSR count). The van der Waals surface area contributed by atoms with E-state index in [2.05, 4.69) is 5.32 Å². The van der Waals surface area contributed by atoms with Crippen LogP contribution in [0, 0.1) is 5.92 Å². The lowest BCUT2D eigenvalue weighted by Crippen LogP contribution is -2.47. The number of amides is 2. The highest BCUT2D eigenvalue weighted by atomic mass is 16.2. The number of likely N-dealkylation sites (N-methyl/N-ethyl adjacent to an activating group) is 2. The largest absolute Gasteiger partial charge is 0.369 e. The lowest BCUT2D eigenvalue weighted by atomic mass is 9.97. The summed E-state index contributed by atoms with van der Waals surface area (Å²) in [5.41, 5.74) is 5.30. The number of carbonyl (C=O) groups excluding carboxylic acids is 2. The first-order valence-corrected chi connectivity index (χ1v) is 6.44. The lowest BCUT2D eigenvalue weighted by molar-refractivity contribution is -0.135. The van der Waals surface area contributed by atoms with Gasteiger partial charge in [0.25, 0.3) is 0 Å². The molecule has 1 atom stereocenters. The van der Waals surface area contributed by atoms with Gasteiger partial charge in [0, 0.05) is 26.2 Å². The SMILES string of the molecule is CNCCN(C)CC(=O)N1CCCC(C(N)=O)C1. The van der Waals surface area contributed by atoms with Crippen LogP contribution in [-0.4, -0.2) is 68.4 Å². The Morgan fingerprint density at radius 1 is 1.50 bits per heavy atom. The minimum atomic E-state index is -0.295. The van der Waals surface area contributed by atoms with Crippen molar-refractivity contribution in [1.29, 1.82) is 0 Å². The highest BCUT2D eigenvalue weighted by Crippen LogP contribution is 2.16. The second kappa shape index (κ2) is 7.33. The predicted octanol–water partition coefficient (Wildman–Crippen LogP) is -1.14. The highest BCUT2D eigenvalue weighted by Gasteiger charge is 2.27. The van der Waals surface area contributed by atoms with Gasteiger partial charge in [0.2, 0.25) is 11.8 Å². The first-order chi connectivity index (χ1) is 8.54. The van der Waals surface area contributed by atoms with E-state index in [4.69, 9.17) is 5.73 Å². The summed E-state index contributed by atoms with van der Waals surface area (Å²) < 4.78 is 0. The van der Waals surface area contributed by atoms with Crippen molar-refractivity contribution in [1.82, 2.24) is 15.1 Å². The van der Waals surface area contributed by atoms with Crippen LogP contribution in [-0.2, 0) is 9.59 Å². The van der Waals surface area contributed by atoms with E-state index in [9.17, 15) is 9.59 Å². The third kappa shape index (κ3) is 4.62. The van der Waals surface area contributed by atoms with Gasteiger partial charge < -0.3 is 16.0 Å². The van der Waals surface area contributed by atoms with Gasteiger partial charge in [-0.1, -0.05) is 0 Å². The third-order valence-electron chi connectivity index (χ3n) is 3.33. The van der Waals surface area contributed by atoms with Crippen molar-refractivity contribution in [2.75, 3.05) is 46.8 Å². The van der Waals surface area contributed by atoms with E-state index >= 15 is 0 Å². The molecule has 0 spiro atoms. The van der Waals surface area contributed by atoms with Crippen LogP contribution in [0.1, 0.15) is 12.8 Å². The Balaban J connectivity index is 2.38. The minimum absolute atomic E-state index is 0.0829. The molecule has 0 aliphatic carbocycles. The summed E-state index contributed by atoms with van der Waals surface area (Å²) in [6, 6.07) is 0. The Bertz CT molecular complexity index is 296. The number of nitrogens with two attached hydrogens (primary N) is 1. The molecule has 0 bridgehead atoms. The average Bonchev–Trinajstić information content (AvgIpc) is 2.36. The summed E-state index contributed by atoms with van der Waals surface area (Å²) in [4.78, 5) is 26.9. The van der Waals surface area contributed by atoms with Crippen LogP contribution < -0.4 is 11.1 Å². The fraction of sp³-hybridized carbons (Fsp3) is 0.833. The van der Waals surface area contributed by atoms with Gasteiger partial charge >= 0.3 is 0 Å². The summed E-state index contributed by atoms with van der Waals surface area (Å²) in [6.45, 7) is 3.30. The van der Waals surface area contributed by atoms with Crippen molar-refractivity contribution in [3.63, 3.8) is 0 Å². The Morgan fingerprint density at radius 2 is 2.22 bits per heavy atom. The van der Waals surface area contributed by atoms with Crippen LogP contribution in [0.2, 0.25) is 0 Å². The van der Waals surface area contributed by atoms with Crippen molar-refractivity contribution < 1.29 is 9.59 Å². The number of hydrogen-bond acceptors (Lipinski definition) is 4.